The summed E-state index contributed by atoms with van der Waals surface area (Å²) in [6, 6.07) is 2.05. The van der Waals surface area contributed by atoms with Gasteiger partial charge in [-0.1, -0.05) is 0 Å². The van der Waals surface area contributed by atoms with Crippen molar-refractivity contribution in [2.45, 2.75) is 0 Å². The molecule has 0 aliphatic carbocycles. The molecule has 58 valence electrons. The van der Waals surface area contributed by atoms with E-state index in [0.717, 1.165) is 17.4 Å². The molecule has 2 N–H and O–H groups in total. The smallest absolute Gasteiger partial charge is 0.244 e. The average Bonchev–Trinajstić information content (AvgIpc) is 2.50. The maximum atomic E-state index is 5.21. The van der Waals surface area contributed by atoms with E-state index in [9.17, 15) is 0 Å². The molecule has 2 heterocycles. The van der Waals surface area contributed by atoms with Crippen molar-refractivity contribution in [1.82, 2.24) is 4.98 Å². The first-order chi connectivity index (χ1) is 5.42. The van der Waals surface area contributed by atoms with Crippen molar-refractivity contribution >= 4 is 11.9 Å². The van der Waals surface area contributed by atoms with E-state index in [4.69, 9.17) is 4.84 Å². The lowest BCUT2D eigenvalue weighted by Gasteiger charge is -2.14. The molecular formula is C8H11N2O+. The van der Waals surface area contributed by atoms with E-state index < -0.39 is 0 Å². The van der Waals surface area contributed by atoms with Gasteiger partial charge in [0.15, 0.2) is 0 Å². The number of hydroxylamine groups is 1. The van der Waals surface area contributed by atoms with E-state index in [1.165, 1.54) is 5.56 Å². The molecule has 0 saturated carbocycles. The minimum atomic E-state index is 0.893. The zero-order valence-corrected chi connectivity index (χ0v) is 6.42. The summed E-state index contributed by atoms with van der Waals surface area (Å²) in [4.78, 5) is 8.36. The lowest BCUT2D eigenvalue weighted by atomic mass is 10.2. The number of rotatable bonds is 1. The minimum absolute atomic E-state index is 0.893. The van der Waals surface area contributed by atoms with Crippen LogP contribution in [0.15, 0.2) is 18.3 Å². The van der Waals surface area contributed by atoms with Gasteiger partial charge < -0.3 is 4.98 Å². The Labute approximate surface area is 65.2 Å². The summed E-state index contributed by atoms with van der Waals surface area (Å²) in [5.74, 6) is 1.12. The molecule has 2 rings (SSSR count). The van der Waals surface area contributed by atoms with Crippen LogP contribution in [0, 0.1) is 0 Å². The normalized spacial score (nSPS) is 21.7. The topological polar surface area (TPSA) is 29.5 Å². The number of aromatic nitrogens is 1. The molecular weight excluding hydrogens is 140 g/mol. The second-order valence-electron chi connectivity index (χ2n) is 2.54. The van der Waals surface area contributed by atoms with Gasteiger partial charge in [-0.05, 0) is 18.2 Å². The third-order valence-electron chi connectivity index (χ3n) is 1.91. The number of fused-ring (bicyclic) bond motifs is 1. The molecule has 1 aliphatic heterocycles. The SMILES string of the molecule is CO[NH+]1CC=Cc2cc[nH]c21. The van der Waals surface area contributed by atoms with Crippen LogP contribution in [-0.2, 0) is 4.84 Å². The lowest BCUT2D eigenvalue weighted by Crippen LogP contribution is -3.06. The molecule has 0 amide bonds. The highest BCUT2D eigenvalue weighted by Gasteiger charge is 2.18. The quantitative estimate of drug-likeness (QED) is 0.586. The van der Waals surface area contributed by atoms with Gasteiger partial charge in [0, 0.05) is 6.20 Å². The van der Waals surface area contributed by atoms with Gasteiger partial charge in [-0.2, -0.15) is 0 Å². The van der Waals surface area contributed by atoms with Crippen LogP contribution in [0.5, 0.6) is 0 Å². The summed E-state index contributed by atoms with van der Waals surface area (Å²) in [6.45, 7) is 0.893. The van der Waals surface area contributed by atoms with E-state index in [-0.39, 0.29) is 0 Å². The highest BCUT2D eigenvalue weighted by Crippen LogP contribution is 2.12. The standard InChI is InChI=1S/C8H10N2O/c1-11-10-6-2-3-7-4-5-9-8(7)10/h2-5,9H,6H2,1H3/p+1. The van der Waals surface area contributed by atoms with Gasteiger partial charge in [0.05, 0.1) is 12.7 Å². The summed E-state index contributed by atoms with van der Waals surface area (Å²) in [5.41, 5.74) is 1.22. The van der Waals surface area contributed by atoms with Crippen LogP contribution < -0.4 is 5.06 Å². The van der Waals surface area contributed by atoms with E-state index in [2.05, 4.69) is 17.1 Å². The Morgan fingerprint density at radius 3 is 3.36 bits per heavy atom. The fourth-order valence-corrected chi connectivity index (χ4v) is 1.34. The molecule has 1 aliphatic rings. The summed E-state index contributed by atoms with van der Waals surface area (Å²) in [5, 5.41) is 1.02. The molecule has 0 fully saturated rings. The summed E-state index contributed by atoms with van der Waals surface area (Å²) in [6.07, 6.45) is 6.14. The van der Waals surface area contributed by atoms with Gasteiger partial charge in [0.25, 0.3) is 0 Å². The Morgan fingerprint density at radius 2 is 2.55 bits per heavy atom. The Hall–Kier alpha value is -1.06. The average molecular weight is 151 g/mol. The summed E-state index contributed by atoms with van der Waals surface area (Å²) in [7, 11) is 1.71. The highest BCUT2D eigenvalue weighted by molar-refractivity contribution is 5.59. The first-order valence-corrected chi connectivity index (χ1v) is 3.66. The molecule has 0 bridgehead atoms. The number of nitrogens with one attached hydrogen (secondary N) is 2. The largest absolute Gasteiger partial charge is 0.315 e. The monoisotopic (exact) mass is 151 g/mol. The maximum Gasteiger partial charge on any atom is 0.244 e. The van der Waals surface area contributed by atoms with Gasteiger partial charge in [-0.15, -0.1) is 5.06 Å². The number of hydrogen-bond donors (Lipinski definition) is 2. The predicted octanol–water partition coefficient (Wildman–Crippen LogP) is 0.119. The van der Waals surface area contributed by atoms with Crippen LogP contribution in [0.4, 0.5) is 5.82 Å². The molecule has 1 atom stereocenters. The molecule has 1 aromatic rings. The van der Waals surface area contributed by atoms with Crippen molar-refractivity contribution in [3.8, 4) is 0 Å². The predicted molar refractivity (Wildman–Crippen MR) is 42.3 cm³/mol. The van der Waals surface area contributed by atoms with Crippen LogP contribution in [0.2, 0.25) is 0 Å². The molecule has 0 spiro atoms. The van der Waals surface area contributed by atoms with E-state index in [1.807, 2.05) is 12.3 Å². The fraction of sp³-hybridized carbons (Fsp3) is 0.250. The Balaban J connectivity index is 2.41. The Bertz CT molecular complexity index is 277. The molecule has 3 heteroatoms. The second kappa shape index (κ2) is 2.53. The van der Waals surface area contributed by atoms with E-state index in [1.54, 1.807) is 7.11 Å². The number of H-pyrrole nitrogens is 1. The van der Waals surface area contributed by atoms with Gasteiger partial charge in [-0.3, -0.25) is 0 Å². The third kappa shape index (κ3) is 0.982. The molecule has 3 nitrogen and oxygen atoms in total. The van der Waals surface area contributed by atoms with Crippen molar-refractivity contribution in [2.75, 3.05) is 13.7 Å². The van der Waals surface area contributed by atoms with Gasteiger partial charge in [-0.25, -0.2) is 4.84 Å². The van der Waals surface area contributed by atoms with Gasteiger partial charge >= 0.3 is 0 Å². The summed E-state index contributed by atoms with van der Waals surface area (Å²) >= 11 is 0. The van der Waals surface area contributed by atoms with E-state index in [0.29, 0.717) is 0 Å². The van der Waals surface area contributed by atoms with Crippen LogP contribution in [0.1, 0.15) is 5.56 Å². The fourth-order valence-electron chi connectivity index (χ4n) is 1.34. The van der Waals surface area contributed by atoms with Crippen molar-refractivity contribution in [3.63, 3.8) is 0 Å². The summed E-state index contributed by atoms with van der Waals surface area (Å²) < 4.78 is 0. The number of hydrogen-bond acceptors (Lipinski definition) is 1. The molecule has 0 saturated heterocycles. The highest BCUT2D eigenvalue weighted by atomic mass is 16.7. The lowest BCUT2D eigenvalue weighted by molar-refractivity contribution is -1.03. The zero-order valence-electron chi connectivity index (χ0n) is 6.42. The van der Waals surface area contributed by atoms with Crippen LogP contribution >= 0.6 is 0 Å². The maximum absolute atomic E-state index is 5.21. The van der Waals surface area contributed by atoms with Crippen molar-refractivity contribution < 1.29 is 9.90 Å². The van der Waals surface area contributed by atoms with Crippen LogP contribution in [0.25, 0.3) is 6.08 Å². The van der Waals surface area contributed by atoms with Gasteiger partial charge in [0.2, 0.25) is 5.82 Å². The first-order valence-electron chi connectivity index (χ1n) is 3.66. The van der Waals surface area contributed by atoms with Crippen LogP contribution in [0.3, 0.4) is 0 Å². The van der Waals surface area contributed by atoms with E-state index >= 15 is 0 Å². The Morgan fingerprint density at radius 1 is 1.64 bits per heavy atom. The number of aromatic amines is 1. The van der Waals surface area contributed by atoms with Crippen molar-refractivity contribution in [3.05, 3.63) is 23.9 Å². The second-order valence-corrected chi connectivity index (χ2v) is 2.54. The molecule has 0 aromatic carbocycles. The van der Waals surface area contributed by atoms with Crippen molar-refractivity contribution in [1.29, 1.82) is 0 Å². The zero-order chi connectivity index (χ0) is 7.68. The van der Waals surface area contributed by atoms with Crippen LogP contribution in [-0.4, -0.2) is 18.6 Å². The molecule has 0 radical (unpaired) electrons. The van der Waals surface area contributed by atoms with Crippen molar-refractivity contribution in [2.24, 2.45) is 0 Å². The third-order valence-corrected chi connectivity index (χ3v) is 1.91. The molecule has 1 unspecified atom stereocenters. The molecule has 1 aromatic heterocycles. The first kappa shape index (κ1) is 6.64. The Kier molecular flexibility index (Phi) is 1.52. The number of quaternary nitrogens is 1. The molecule has 11 heavy (non-hydrogen) atoms. The minimum Gasteiger partial charge on any atom is -0.315 e. The van der Waals surface area contributed by atoms with Gasteiger partial charge in [0.1, 0.15) is 6.54 Å².